The molecule has 0 aromatic heterocycles. The van der Waals surface area contributed by atoms with Gasteiger partial charge in [0.2, 0.25) is 0 Å². The number of ether oxygens (including phenoxy) is 2. The van der Waals surface area contributed by atoms with E-state index in [1.807, 2.05) is 0 Å². The van der Waals surface area contributed by atoms with E-state index in [0.717, 1.165) is 0 Å². The molecule has 31 heavy (non-hydrogen) atoms. The van der Waals surface area contributed by atoms with E-state index in [9.17, 15) is 16.8 Å². The number of nitrogens with one attached hydrogen (secondary N) is 2. The minimum atomic E-state index is -3.99. The molecule has 0 bridgehead atoms. The van der Waals surface area contributed by atoms with Crippen LogP contribution in [0.3, 0.4) is 0 Å². The molecule has 0 radical (unpaired) electrons. The zero-order chi connectivity index (χ0) is 22.6. The molecule has 0 aliphatic rings. The Labute approximate surface area is 185 Å². The van der Waals surface area contributed by atoms with Gasteiger partial charge in [0.1, 0.15) is 16.4 Å². The summed E-state index contributed by atoms with van der Waals surface area (Å²) in [6.07, 6.45) is 0. The molecule has 3 aromatic carbocycles. The summed E-state index contributed by atoms with van der Waals surface area (Å²) < 4.78 is 65.6. The van der Waals surface area contributed by atoms with Crippen LogP contribution < -0.4 is 18.9 Å². The topological polar surface area (TPSA) is 111 Å². The second kappa shape index (κ2) is 9.04. The van der Waals surface area contributed by atoms with Crippen LogP contribution in [0.25, 0.3) is 0 Å². The summed E-state index contributed by atoms with van der Waals surface area (Å²) >= 11 is 5.80. The van der Waals surface area contributed by atoms with Crippen LogP contribution in [0.4, 0.5) is 11.4 Å². The van der Waals surface area contributed by atoms with Gasteiger partial charge in [0, 0.05) is 22.5 Å². The van der Waals surface area contributed by atoms with E-state index in [1.54, 1.807) is 12.1 Å². The highest BCUT2D eigenvalue weighted by atomic mass is 35.5. The smallest absolute Gasteiger partial charge is 0.265 e. The zero-order valence-electron chi connectivity index (χ0n) is 16.5. The molecule has 0 spiro atoms. The van der Waals surface area contributed by atoms with Gasteiger partial charge in [0.05, 0.1) is 19.1 Å². The summed E-state index contributed by atoms with van der Waals surface area (Å²) in [6, 6.07) is 15.8. The Morgan fingerprint density at radius 2 is 1.26 bits per heavy atom. The molecular weight excluding hydrogens is 464 g/mol. The third-order valence-electron chi connectivity index (χ3n) is 4.17. The highest BCUT2D eigenvalue weighted by Crippen LogP contribution is 2.30. The van der Waals surface area contributed by atoms with Crippen molar-refractivity contribution in [3.63, 3.8) is 0 Å². The minimum absolute atomic E-state index is 0.0348. The molecule has 164 valence electrons. The maximum absolute atomic E-state index is 12.8. The van der Waals surface area contributed by atoms with Crippen LogP contribution in [0, 0.1) is 0 Å². The number of hydrogen-bond acceptors (Lipinski definition) is 6. The fourth-order valence-corrected chi connectivity index (χ4v) is 5.04. The van der Waals surface area contributed by atoms with E-state index in [1.165, 1.54) is 68.8 Å². The summed E-state index contributed by atoms with van der Waals surface area (Å²) in [4.78, 5) is -0.121. The molecular formula is C20H19ClN2O6S2. The number of methoxy groups -OCH3 is 2. The summed E-state index contributed by atoms with van der Waals surface area (Å²) in [5.41, 5.74) is 0.532. The van der Waals surface area contributed by atoms with E-state index in [2.05, 4.69) is 9.44 Å². The summed E-state index contributed by atoms with van der Waals surface area (Å²) in [7, 11) is -5.05. The van der Waals surface area contributed by atoms with E-state index >= 15 is 0 Å². The number of sulfonamides is 2. The predicted octanol–water partition coefficient (Wildman–Crippen LogP) is 3.96. The fraction of sp³-hybridized carbons (Fsp3) is 0.100. The molecule has 0 saturated heterocycles. The molecule has 3 rings (SSSR count). The Bertz CT molecular complexity index is 1280. The third-order valence-corrected chi connectivity index (χ3v) is 7.24. The fourth-order valence-electron chi connectivity index (χ4n) is 2.64. The molecule has 2 N–H and O–H groups in total. The second-order valence-corrected chi connectivity index (χ2v) is 10.0. The lowest BCUT2D eigenvalue weighted by Crippen LogP contribution is -2.15. The molecule has 3 aromatic rings. The van der Waals surface area contributed by atoms with Crippen molar-refractivity contribution in [2.75, 3.05) is 23.7 Å². The SMILES string of the molecule is COc1ccc(S(=O)(=O)Nc2ccc(S(=O)(=O)Nc3ccc(Cl)cc3)cc2)c(OC)c1. The van der Waals surface area contributed by atoms with Gasteiger partial charge >= 0.3 is 0 Å². The Kier molecular flexibility index (Phi) is 6.63. The van der Waals surface area contributed by atoms with Crippen LogP contribution in [0.15, 0.2) is 76.5 Å². The number of rotatable bonds is 8. The Hall–Kier alpha value is -2.95. The van der Waals surface area contributed by atoms with Gasteiger partial charge in [-0.25, -0.2) is 16.8 Å². The lowest BCUT2D eigenvalue weighted by Gasteiger charge is -2.13. The van der Waals surface area contributed by atoms with Crippen molar-refractivity contribution >= 4 is 43.0 Å². The average molecular weight is 483 g/mol. The van der Waals surface area contributed by atoms with Gasteiger partial charge < -0.3 is 9.47 Å². The summed E-state index contributed by atoms with van der Waals surface area (Å²) in [5.74, 6) is 0.553. The number of hydrogen-bond donors (Lipinski definition) is 2. The summed E-state index contributed by atoms with van der Waals surface area (Å²) in [5, 5.41) is 0.480. The van der Waals surface area contributed by atoms with Gasteiger partial charge in [-0.05, 0) is 60.7 Å². The van der Waals surface area contributed by atoms with Crippen LogP contribution in [0.2, 0.25) is 5.02 Å². The predicted molar refractivity (Wildman–Crippen MR) is 119 cm³/mol. The molecule has 0 atom stereocenters. The Morgan fingerprint density at radius 3 is 1.81 bits per heavy atom. The van der Waals surface area contributed by atoms with E-state index < -0.39 is 20.0 Å². The molecule has 8 nitrogen and oxygen atoms in total. The van der Waals surface area contributed by atoms with Crippen LogP contribution in [0.5, 0.6) is 11.5 Å². The molecule has 0 fully saturated rings. The van der Waals surface area contributed by atoms with Crippen LogP contribution in [0.1, 0.15) is 0 Å². The number of halogens is 1. The highest BCUT2D eigenvalue weighted by Gasteiger charge is 2.21. The molecule has 0 heterocycles. The van der Waals surface area contributed by atoms with Gasteiger partial charge in [0.15, 0.2) is 0 Å². The van der Waals surface area contributed by atoms with E-state index in [-0.39, 0.29) is 21.2 Å². The maximum Gasteiger partial charge on any atom is 0.265 e. The first kappa shape index (κ1) is 22.7. The largest absolute Gasteiger partial charge is 0.497 e. The van der Waals surface area contributed by atoms with Crippen molar-refractivity contribution in [1.82, 2.24) is 0 Å². The first-order valence-electron chi connectivity index (χ1n) is 8.78. The standard InChI is InChI=1S/C20H19ClN2O6S2/c1-28-17-9-12-20(19(13-17)29-2)31(26,27)23-16-7-10-18(11-8-16)30(24,25)22-15-5-3-14(21)4-6-15/h3-13,22-23H,1-2H3. The molecule has 0 unspecified atom stereocenters. The minimum Gasteiger partial charge on any atom is -0.497 e. The zero-order valence-corrected chi connectivity index (χ0v) is 18.9. The molecule has 11 heteroatoms. The van der Waals surface area contributed by atoms with Gasteiger partial charge in [-0.2, -0.15) is 0 Å². The number of benzene rings is 3. The lowest BCUT2D eigenvalue weighted by atomic mass is 10.3. The van der Waals surface area contributed by atoms with Crippen LogP contribution in [-0.2, 0) is 20.0 Å². The number of anilines is 2. The van der Waals surface area contributed by atoms with Crippen LogP contribution in [-0.4, -0.2) is 31.1 Å². The highest BCUT2D eigenvalue weighted by molar-refractivity contribution is 7.93. The third kappa shape index (κ3) is 5.40. The van der Waals surface area contributed by atoms with Crippen LogP contribution >= 0.6 is 11.6 Å². The lowest BCUT2D eigenvalue weighted by molar-refractivity contribution is 0.386. The van der Waals surface area contributed by atoms with Gasteiger partial charge in [0.25, 0.3) is 20.0 Å². The van der Waals surface area contributed by atoms with Gasteiger partial charge in [-0.3, -0.25) is 9.44 Å². The van der Waals surface area contributed by atoms with Crippen molar-refractivity contribution in [2.24, 2.45) is 0 Å². The maximum atomic E-state index is 12.8. The van der Waals surface area contributed by atoms with Crippen molar-refractivity contribution < 1.29 is 26.3 Å². The van der Waals surface area contributed by atoms with E-state index in [0.29, 0.717) is 16.5 Å². The second-order valence-electron chi connectivity index (χ2n) is 6.26. The Balaban J connectivity index is 1.80. The quantitative estimate of drug-likeness (QED) is 0.502. The Morgan fingerprint density at radius 1 is 0.710 bits per heavy atom. The monoisotopic (exact) mass is 482 g/mol. The summed E-state index contributed by atoms with van der Waals surface area (Å²) in [6.45, 7) is 0. The van der Waals surface area contributed by atoms with Crippen molar-refractivity contribution in [3.8, 4) is 11.5 Å². The normalized spacial score (nSPS) is 11.6. The average Bonchev–Trinajstić information content (AvgIpc) is 2.74. The molecule has 0 saturated carbocycles. The van der Waals surface area contributed by atoms with Crippen molar-refractivity contribution in [3.05, 3.63) is 71.8 Å². The molecule has 0 aliphatic carbocycles. The van der Waals surface area contributed by atoms with Crippen molar-refractivity contribution in [1.29, 1.82) is 0 Å². The van der Waals surface area contributed by atoms with Gasteiger partial charge in [-0.15, -0.1) is 0 Å². The first-order valence-corrected chi connectivity index (χ1v) is 12.1. The van der Waals surface area contributed by atoms with Gasteiger partial charge in [-0.1, -0.05) is 11.6 Å². The molecule has 0 amide bonds. The van der Waals surface area contributed by atoms with Crippen molar-refractivity contribution in [2.45, 2.75) is 9.79 Å². The van der Waals surface area contributed by atoms with E-state index in [4.69, 9.17) is 21.1 Å². The molecule has 0 aliphatic heterocycles. The first-order chi connectivity index (χ1) is 14.6.